The third-order valence-corrected chi connectivity index (χ3v) is 6.87. The van der Waals surface area contributed by atoms with Crippen molar-refractivity contribution in [2.75, 3.05) is 24.6 Å². The Morgan fingerprint density at radius 2 is 1.94 bits per heavy atom. The molecular formula is C26H27N7O2. The summed E-state index contributed by atoms with van der Waals surface area (Å²) in [5.41, 5.74) is 4.05. The average Bonchev–Trinajstić information content (AvgIpc) is 3.31. The number of ether oxygens (including phenoxy) is 2. The van der Waals surface area contributed by atoms with Crippen molar-refractivity contribution in [2.45, 2.75) is 26.0 Å². The maximum atomic E-state index is 6.07. The molecule has 178 valence electrons. The smallest absolute Gasteiger partial charge is 0.316 e. The summed E-state index contributed by atoms with van der Waals surface area (Å²) in [4.78, 5) is 19.7. The van der Waals surface area contributed by atoms with Crippen molar-refractivity contribution < 1.29 is 9.47 Å². The van der Waals surface area contributed by atoms with Gasteiger partial charge >= 0.3 is 6.01 Å². The molecule has 0 amide bonds. The molecule has 0 radical (unpaired) electrons. The van der Waals surface area contributed by atoms with E-state index in [1.165, 1.54) is 6.42 Å². The fraction of sp³-hybridized carbons (Fsp3) is 0.346. The number of rotatable bonds is 8. The van der Waals surface area contributed by atoms with Crippen molar-refractivity contribution in [1.29, 1.82) is 0 Å². The number of hydrogen-bond acceptors (Lipinski definition) is 8. The molecule has 0 unspecified atom stereocenters. The van der Waals surface area contributed by atoms with Gasteiger partial charge in [0.1, 0.15) is 17.7 Å². The lowest BCUT2D eigenvalue weighted by molar-refractivity contribution is -0.0396. The molecule has 3 fully saturated rings. The maximum absolute atomic E-state index is 6.07. The molecule has 4 aromatic heterocycles. The summed E-state index contributed by atoms with van der Waals surface area (Å²) in [6.45, 7) is 8.55. The van der Waals surface area contributed by atoms with E-state index in [4.69, 9.17) is 14.5 Å². The second-order valence-corrected chi connectivity index (χ2v) is 9.05. The Morgan fingerprint density at radius 1 is 1.11 bits per heavy atom. The number of fused-ring (bicyclic) bond motifs is 3. The van der Waals surface area contributed by atoms with Gasteiger partial charge in [-0.2, -0.15) is 5.10 Å². The zero-order valence-corrected chi connectivity index (χ0v) is 19.6. The summed E-state index contributed by atoms with van der Waals surface area (Å²) in [6.07, 6.45) is 10.5. The molecule has 3 atom stereocenters. The van der Waals surface area contributed by atoms with Gasteiger partial charge in [-0.25, -0.2) is 19.5 Å². The van der Waals surface area contributed by atoms with Gasteiger partial charge in [0.2, 0.25) is 0 Å². The Kier molecular flexibility index (Phi) is 5.52. The van der Waals surface area contributed by atoms with Crippen molar-refractivity contribution in [3.8, 4) is 22.9 Å². The third-order valence-electron chi connectivity index (χ3n) is 6.87. The molecule has 1 saturated carbocycles. The number of pyridine rings is 2. The van der Waals surface area contributed by atoms with Gasteiger partial charge in [0.05, 0.1) is 31.1 Å². The number of anilines is 1. The summed E-state index contributed by atoms with van der Waals surface area (Å²) in [5.74, 6) is 2.67. The normalized spacial score (nSPS) is 20.9. The minimum atomic E-state index is 0.182. The zero-order chi connectivity index (χ0) is 23.8. The van der Waals surface area contributed by atoms with Gasteiger partial charge in [-0.05, 0) is 44.3 Å². The van der Waals surface area contributed by atoms with E-state index in [-0.39, 0.29) is 6.10 Å². The van der Waals surface area contributed by atoms with Gasteiger partial charge in [-0.15, -0.1) is 0 Å². The van der Waals surface area contributed by atoms with Crippen LogP contribution in [0.4, 0.5) is 5.82 Å². The van der Waals surface area contributed by atoms with E-state index in [0.29, 0.717) is 31.0 Å². The predicted octanol–water partition coefficient (Wildman–Crippen LogP) is 3.69. The van der Waals surface area contributed by atoms with Crippen LogP contribution in [0.1, 0.15) is 18.9 Å². The fourth-order valence-electron chi connectivity index (χ4n) is 5.29. The molecule has 2 saturated heterocycles. The molecule has 6 heterocycles. The maximum Gasteiger partial charge on any atom is 0.316 e. The molecule has 9 nitrogen and oxygen atoms in total. The standard InChI is InChI=1S/C26H27N7O2/c1-3-34-21-10-22(24-20(11-27-2)13-31-33(24)16-21)17-5-6-23(30-12-17)32-14-18-9-19(15-32)25(18)35-26-28-7-4-8-29-26/h4-8,10,12-13,16,18-19,25H,2-3,9,11,14-15H2,1H3/t18-,19+,25+. The first-order valence-corrected chi connectivity index (χ1v) is 11.9. The van der Waals surface area contributed by atoms with E-state index in [9.17, 15) is 0 Å². The number of aliphatic imine (C=N–C) groups is 1. The van der Waals surface area contributed by atoms with E-state index >= 15 is 0 Å². The van der Waals surface area contributed by atoms with Gasteiger partial charge in [0.15, 0.2) is 0 Å². The van der Waals surface area contributed by atoms with Crippen LogP contribution in [0.2, 0.25) is 0 Å². The molecule has 2 bridgehead atoms. The first kappa shape index (κ1) is 21.5. The minimum absolute atomic E-state index is 0.182. The SMILES string of the molecule is C=NCc1cnn2cc(OCC)cc(-c3ccc(N4C[C@H]5C[C@@H](C4)[C@H]5Oc4ncccn4)nc3)c12. The third kappa shape index (κ3) is 3.96. The highest BCUT2D eigenvalue weighted by Gasteiger charge is 2.49. The molecule has 9 heteroatoms. The molecule has 0 N–H and O–H groups in total. The number of aromatic nitrogens is 5. The lowest BCUT2D eigenvalue weighted by Crippen LogP contribution is -2.60. The van der Waals surface area contributed by atoms with Crippen LogP contribution >= 0.6 is 0 Å². The Balaban J connectivity index is 1.23. The highest BCUT2D eigenvalue weighted by Crippen LogP contribution is 2.43. The van der Waals surface area contributed by atoms with E-state index in [2.05, 4.69) is 43.8 Å². The molecule has 35 heavy (non-hydrogen) atoms. The summed E-state index contributed by atoms with van der Waals surface area (Å²) in [5, 5.41) is 4.51. The molecule has 4 aromatic rings. The minimum Gasteiger partial charge on any atom is -0.492 e. The van der Waals surface area contributed by atoms with Crippen LogP contribution in [0.3, 0.4) is 0 Å². The number of nitrogens with zero attached hydrogens (tertiary/aromatic N) is 7. The Morgan fingerprint density at radius 3 is 2.66 bits per heavy atom. The first-order chi connectivity index (χ1) is 17.2. The highest BCUT2D eigenvalue weighted by molar-refractivity contribution is 5.83. The van der Waals surface area contributed by atoms with Crippen LogP contribution in [0.15, 0.2) is 60.2 Å². The number of hydrogen-bond donors (Lipinski definition) is 0. The van der Waals surface area contributed by atoms with E-state index in [0.717, 1.165) is 46.9 Å². The average molecular weight is 470 g/mol. The van der Waals surface area contributed by atoms with Crippen LogP contribution in [0.25, 0.3) is 16.6 Å². The Hall–Kier alpha value is -4.01. The Bertz CT molecular complexity index is 1330. The van der Waals surface area contributed by atoms with E-state index in [1.807, 2.05) is 36.1 Å². The largest absolute Gasteiger partial charge is 0.492 e. The second kappa shape index (κ2) is 8.98. The molecular weight excluding hydrogens is 442 g/mol. The van der Waals surface area contributed by atoms with Crippen LogP contribution in [0.5, 0.6) is 11.8 Å². The summed E-state index contributed by atoms with van der Waals surface area (Å²) in [6, 6.07) is 8.54. The van der Waals surface area contributed by atoms with Gasteiger partial charge in [-0.1, -0.05) is 0 Å². The van der Waals surface area contributed by atoms with Crippen molar-refractivity contribution in [1.82, 2.24) is 24.6 Å². The van der Waals surface area contributed by atoms with Gasteiger partial charge in [0.25, 0.3) is 0 Å². The van der Waals surface area contributed by atoms with Gasteiger partial charge in [0, 0.05) is 60.2 Å². The van der Waals surface area contributed by atoms with E-state index in [1.54, 1.807) is 18.5 Å². The van der Waals surface area contributed by atoms with Crippen molar-refractivity contribution in [2.24, 2.45) is 16.8 Å². The first-order valence-electron chi connectivity index (χ1n) is 11.9. The molecule has 3 aliphatic rings. The molecule has 0 spiro atoms. The molecule has 1 aliphatic carbocycles. The topological polar surface area (TPSA) is 90.0 Å². The van der Waals surface area contributed by atoms with Gasteiger partial charge < -0.3 is 14.4 Å². The second-order valence-electron chi connectivity index (χ2n) is 9.05. The fourth-order valence-corrected chi connectivity index (χ4v) is 5.29. The van der Waals surface area contributed by atoms with Crippen molar-refractivity contribution in [3.63, 3.8) is 0 Å². The van der Waals surface area contributed by atoms with Crippen LogP contribution < -0.4 is 14.4 Å². The molecule has 2 aliphatic heterocycles. The highest BCUT2D eigenvalue weighted by atomic mass is 16.5. The molecule has 0 aromatic carbocycles. The summed E-state index contributed by atoms with van der Waals surface area (Å²) >= 11 is 0. The van der Waals surface area contributed by atoms with Crippen molar-refractivity contribution >= 4 is 18.1 Å². The quantitative estimate of drug-likeness (QED) is 0.364. The van der Waals surface area contributed by atoms with Gasteiger partial charge in [-0.3, -0.25) is 4.99 Å². The van der Waals surface area contributed by atoms with Crippen LogP contribution in [0, 0.1) is 11.8 Å². The number of piperidine rings is 2. The Labute approximate surface area is 203 Å². The molecule has 7 rings (SSSR count). The zero-order valence-electron chi connectivity index (χ0n) is 19.6. The lowest BCUT2D eigenvalue weighted by Gasteiger charge is -2.52. The van der Waals surface area contributed by atoms with E-state index < -0.39 is 0 Å². The summed E-state index contributed by atoms with van der Waals surface area (Å²) < 4.78 is 13.7. The summed E-state index contributed by atoms with van der Waals surface area (Å²) in [7, 11) is 0. The predicted molar refractivity (Wildman–Crippen MR) is 133 cm³/mol. The van der Waals surface area contributed by atoms with Crippen LogP contribution in [-0.2, 0) is 6.54 Å². The van der Waals surface area contributed by atoms with Crippen LogP contribution in [-0.4, -0.2) is 57.1 Å². The van der Waals surface area contributed by atoms with Crippen molar-refractivity contribution in [3.05, 3.63) is 60.8 Å². The lowest BCUT2D eigenvalue weighted by atomic mass is 9.68. The monoisotopic (exact) mass is 469 g/mol.